The van der Waals surface area contributed by atoms with Crippen LogP contribution in [0.25, 0.3) is 0 Å². The lowest BCUT2D eigenvalue weighted by Crippen LogP contribution is -2.39. The standard InChI is InChI=1S/C14H20N2O/c1-11-6-5-7-12(10-11)16-14(17)13-8-3-2-4-9-15-13/h5-7,10,13,15H,2-4,8-9H2,1H3,(H,16,17)/t13-/m0/s1. The van der Waals surface area contributed by atoms with Gasteiger partial charge in [-0.3, -0.25) is 4.79 Å². The summed E-state index contributed by atoms with van der Waals surface area (Å²) in [7, 11) is 0. The molecule has 0 unspecified atom stereocenters. The van der Waals surface area contributed by atoms with E-state index in [1.807, 2.05) is 31.2 Å². The van der Waals surface area contributed by atoms with E-state index >= 15 is 0 Å². The molecule has 92 valence electrons. The van der Waals surface area contributed by atoms with E-state index < -0.39 is 0 Å². The zero-order valence-electron chi connectivity index (χ0n) is 10.3. The van der Waals surface area contributed by atoms with Gasteiger partial charge in [-0.15, -0.1) is 0 Å². The lowest BCUT2D eigenvalue weighted by molar-refractivity contribution is -0.118. The number of amides is 1. The zero-order chi connectivity index (χ0) is 12.1. The van der Waals surface area contributed by atoms with Crippen LogP contribution in [0.15, 0.2) is 24.3 Å². The monoisotopic (exact) mass is 232 g/mol. The molecular weight excluding hydrogens is 212 g/mol. The Hall–Kier alpha value is -1.35. The second-order valence-corrected chi connectivity index (χ2v) is 4.71. The fourth-order valence-corrected chi connectivity index (χ4v) is 2.20. The Labute approximate surface area is 103 Å². The van der Waals surface area contributed by atoms with Crippen molar-refractivity contribution >= 4 is 11.6 Å². The molecule has 3 nitrogen and oxygen atoms in total. The molecule has 0 spiro atoms. The first-order valence-corrected chi connectivity index (χ1v) is 6.36. The van der Waals surface area contributed by atoms with Gasteiger partial charge in [-0.2, -0.15) is 0 Å². The van der Waals surface area contributed by atoms with Crippen LogP contribution < -0.4 is 10.6 Å². The van der Waals surface area contributed by atoms with E-state index in [4.69, 9.17) is 0 Å². The molecule has 0 aliphatic carbocycles. The van der Waals surface area contributed by atoms with E-state index in [-0.39, 0.29) is 11.9 Å². The Morgan fingerprint density at radius 3 is 3.06 bits per heavy atom. The fourth-order valence-electron chi connectivity index (χ4n) is 2.20. The van der Waals surface area contributed by atoms with Crippen molar-refractivity contribution in [3.8, 4) is 0 Å². The molecule has 2 N–H and O–H groups in total. The highest BCUT2D eigenvalue weighted by Crippen LogP contribution is 2.13. The first-order chi connectivity index (χ1) is 8.25. The van der Waals surface area contributed by atoms with Crippen molar-refractivity contribution in [2.24, 2.45) is 0 Å². The van der Waals surface area contributed by atoms with Crippen LogP contribution in [0.2, 0.25) is 0 Å². The van der Waals surface area contributed by atoms with E-state index in [9.17, 15) is 4.79 Å². The molecule has 17 heavy (non-hydrogen) atoms. The first kappa shape index (κ1) is 12.1. The summed E-state index contributed by atoms with van der Waals surface area (Å²) in [5, 5.41) is 6.28. The highest BCUT2D eigenvalue weighted by atomic mass is 16.2. The maximum absolute atomic E-state index is 12.1. The van der Waals surface area contributed by atoms with Crippen LogP contribution >= 0.6 is 0 Å². The normalized spacial score (nSPS) is 20.6. The van der Waals surface area contributed by atoms with Gasteiger partial charge in [0.05, 0.1) is 6.04 Å². The minimum Gasteiger partial charge on any atom is -0.325 e. The molecule has 0 saturated carbocycles. The van der Waals surface area contributed by atoms with Gasteiger partial charge in [0.1, 0.15) is 0 Å². The predicted molar refractivity (Wildman–Crippen MR) is 70.1 cm³/mol. The van der Waals surface area contributed by atoms with Crippen molar-refractivity contribution in [2.75, 3.05) is 11.9 Å². The van der Waals surface area contributed by atoms with Gasteiger partial charge in [-0.05, 0) is 44.0 Å². The molecule has 1 amide bonds. The zero-order valence-corrected chi connectivity index (χ0v) is 10.3. The largest absolute Gasteiger partial charge is 0.325 e. The van der Waals surface area contributed by atoms with Gasteiger partial charge in [-0.1, -0.05) is 25.0 Å². The molecule has 1 saturated heterocycles. The molecule has 1 aliphatic heterocycles. The second kappa shape index (κ2) is 5.82. The van der Waals surface area contributed by atoms with Crippen molar-refractivity contribution in [1.82, 2.24) is 5.32 Å². The SMILES string of the molecule is Cc1cccc(NC(=O)[C@@H]2CCCCCN2)c1. The third-order valence-electron chi connectivity index (χ3n) is 3.16. The molecule has 3 heteroatoms. The number of benzene rings is 1. The van der Waals surface area contributed by atoms with Crippen molar-refractivity contribution in [2.45, 2.75) is 38.6 Å². The first-order valence-electron chi connectivity index (χ1n) is 6.36. The van der Waals surface area contributed by atoms with Gasteiger partial charge in [0.25, 0.3) is 0 Å². The molecule has 2 rings (SSSR count). The van der Waals surface area contributed by atoms with E-state index in [0.717, 1.165) is 30.6 Å². The number of hydrogen-bond acceptors (Lipinski definition) is 2. The van der Waals surface area contributed by atoms with Gasteiger partial charge < -0.3 is 10.6 Å². The topological polar surface area (TPSA) is 41.1 Å². The molecule has 1 heterocycles. The smallest absolute Gasteiger partial charge is 0.241 e. The van der Waals surface area contributed by atoms with Crippen LogP contribution in [0.4, 0.5) is 5.69 Å². The lowest BCUT2D eigenvalue weighted by atomic mass is 10.1. The Morgan fingerprint density at radius 1 is 1.35 bits per heavy atom. The van der Waals surface area contributed by atoms with Gasteiger partial charge in [0.2, 0.25) is 5.91 Å². The highest BCUT2D eigenvalue weighted by molar-refractivity contribution is 5.94. The summed E-state index contributed by atoms with van der Waals surface area (Å²) < 4.78 is 0. The number of nitrogens with one attached hydrogen (secondary N) is 2. The summed E-state index contributed by atoms with van der Waals surface area (Å²) in [5.41, 5.74) is 2.05. The molecule has 1 aliphatic rings. The number of carbonyl (C=O) groups is 1. The Kier molecular flexibility index (Phi) is 4.15. The molecule has 1 fully saturated rings. The van der Waals surface area contributed by atoms with E-state index in [0.29, 0.717) is 0 Å². The molecule has 1 aromatic rings. The maximum atomic E-state index is 12.1. The van der Waals surface area contributed by atoms with Crippen molar-refractivity contribution < 1.29 is 4.79 Å². The van der Waals surface area contributed by atoms with Crippen LogP contribution in [-0.2, 0) is 4.79 Å². The van der Waals surface area contributed by atoms with Crippen molar-refractivity contribution in [3.05, 3.63) is 29.8 Å². The average molecular weight is 232 g/mol. The molecule has 1 aromatic carbocycles. The van der Waals surface area contributed by atoms with Crippen LogP contribution in [0, 0.1) is 6.92 Å². The number of anilines is 1. The lowest BCUT2D eigenvalue weighted by Gasteiger charge is -2.15. The minimum absolute atomic E-state index is 0.0296. The molecule has 0 radical (unpaired) electrons. The van der Waals surface area contributed by atoms with E-state index in [1.54, 1.807) is 0 Å². The molecular formula is C14H20N2O. The van der Waals surface area contributed by atoms with Crippen LogP contribution in [0.5, 0.6) is 0 Å². The van der Waals surface area contributed by atoms with Crippen molar-refractivity contribution in [1.29, 1.82) is 0 Å². The summed E-state index contributed by atoms with van der Waals surface area (Å²) in [4.78, 5) is 12.1. The number of carbonyl (C=O) groups excluding carboxylic acids is 1. The fraction of sp³-hybridized carbons (Fsp3) is 0.500. The van der Waals surface area contributed by atoms with Gasteiger partial charge in [0.15, 0.2) is 0 Å². The predicted octanol–water partition coefficient (Wildman–Crippen LogP) is 2.47. The third kappa shape index (κ3) is 3.56. The second-order valence-electron chi connectivity index (χ2n) is 4.71. The number of aryl methyl sites for hydroxylation is 1. The Morgan fingerprint density at radius 2 is 2.24 bits per heavy atom. The average Bonchev–Trinajstić information content (AvgIpc) is 2.57. The molecule has 1 atom stereocenters. The highest BCUT2D eigenvalue weighted by Gasteiger charge is 2.19. The van der Waals surface area contributed by atoms with Crippen LogP contribution in [-0.4, -0.2) is 18.5 Å². The summed E-state index contributed by atoms with van der Waals surface area (Å²) >= 11 is 0. The van der Waals surface area contributed by atoms with Gasteiger partial charge >= 0.3 is 0 Å². The Balaban J connectivity index is 1.95. The maximum Gasteiger partial charge on any atom is 0.241 e. The quantitative estimate of drug-likeness (QED) is 0.822. The molecule has 0 aromatic heterocycles. The Bertz CT molecular complexity index is 382. The van der Waals surface area contributed by atoms with Gasteiger partial charge in [0, 0.05) is 5.69 Å². The number of hydrogen-bond donors (Lipinski definition) is 2. The van der Waals surface area contributed by atoms with E-state index in [1.165, 1.54) is 12.8 Å². The number of rotatable bonds is 2. The summed E-state index contributed by atoms with van der Waals surface area (Å²) in [6.45, 7) is 2.98. The van der Waals surface area contributed by atoms with Crippen LogP contribution in [0.1, 0.15) is 31.2 Å². The minimum atomic E-state index is -0.0296. The van der Waals surface area contributed by atoms with Crippen LogP contribution in [0.3, 0.4) is 0 Å². The molecule has 0 bridgehead atoms. The third-order valence-corrected chi connectivity index (χ3v) is 3.16. The van der Waals surface area contributed by atoms with Gasteiger partial charge in [-0.25, -0.2) is 0 Å². The summed E-state index contributed by atoms with van der Waals surface area (Å²) in [6.07, 6.45) is 4.48. The van der Waals surface area contributed by atoms with E-state index in [2.05, 4.69) is 10.6 Å². The van der Waals surface area contributed by atoms with Crippen molar-refractivity contribution in [3.63, 3.8) is 0 Å². The summed E-state index contributed by atoms with van der Waals surface area (Å²) in [6, 6.07) is 7.89. The summed E-state index contributed by atoms with van der Waals surface area (Å²) in [5.74, 6) is 0.0949.